The highest BCUT2D eigenvalue weighted by molar-refractivity contribution is 7.99. The quantitative estimate of drug-likeness (QED) is 0.299. The molecule has 0 spiro atoms. The molecule has 4 aromatic rings. The van der Waals surface area contributed by atoms with Crippen LogP contribution in [0.2, 0.25) is 0 Å². The lowest BCUT2D eigenvalue weighted by Gasteiger charge is -2.13. The topological polar surface area (TPSA) is 73.2 Å². The fourth-order valence-electron chi connectivity index (χ4n) is 3.93. The fraction of sp³-hybridized carbons (Fsp3) is 0.240. The second kappa shape index (κ2) is 10.1. The lowest BCUT2D eigenvalue weighted by atomic mass is 10.1. The summed E-state index contributed by atoms with van der Waals surface area (Å²) in [5.41, 5.74) is 1.91. The van der Waals surface area contributed by atoms with E-state index < -0.39 is 0 Å². The largest absolute Gasteiger partial charge is 0.376 e. The number of hydrogen-bond donors (Lipinski definition) is 1. The number of nitrogens with zero attached hydrogens (tertiary/aromatic N) is 2. The Bertz CT molecular complexity index is 1360. The van der Waals surface area contributed by atoms with Crippen LogP contribution in [0, 0.1) is 5.82 Å². The minimum atomic E-state index is -0.334. The number of rotatable bonds is 7. The van der Waals surface area contributed by atoms with Crippen molar-refractivity contribution in [2.45, 2.75) is 24.1 Å². The number of carbonyl (C=O) groups is 1. The smallest absolute Gasteiger partial charge is 0.268 e. The van der Waals surface area contributed by atoms with E-state index in [0.717, 1.165) is 25.0 Å². The van der Waals surface area contributed by atoms with Crippen molar-refractivity contribution in [3.63, 3.8) is 0 Å². The number of nitrogens with one attached hydrogen (secondary N) is 1. The van der Waals surface area contributed by atoms with Gasteiger partial charge >= 0.3 is 0 Å². The number of fused-ring (bicyclic) bond motifs is 1. The molecule has 1 N–H and O–H groups in total. The van der Waals surface area contributed by atoms with Crippen molar-refractivity contribution in [1.29, 1.82) is 0 Å². The van der Waals surface area contributed by atoms with E-state index in [1.54, 1.807) is 16.7 Å². The van der Waals surface area contributed by atoms with Gasteiger partial charge in [-0.25, -0.2) is 9.37 Å². The number of hydrogen-bond acceptors (Lipinski definition) is 6. The Morgan fingerprint density at radius 1 is 1.21 bits per heavy atom. The summed E-state index contributed by atoms with van der Waals surface area (Å²) in [6, 6.07) is 15.3. The predicted octanol–water partition coefficient (Wildman–Crippen LogP) is 4.64. The van der Waals surface area contributed by atoms with Crippen LogP contribution in [-0.2, 0) is 9.53 Å². The van der Waals surface area contributed by atoms with Crippen LogP contribution in [0.5, 0.6) is 0 Å². The van der Waals surface area contributed by atoms with Crippen molar-refractivity contribution < 1.29 is 13.9 Å². The first-order chi connectivity index (χ1) is 16.6. The van der Waals surface area contributed by atoms with Gasteiger partial charge in [0.05, 0.1) is 22.9 Å². The van der Waals surface area contributed by atoms with Crippen molar-refractivity contribution >= 4 is 39.2 Å². The summed E-state index contributed by atoms with van der Waals surface area (Å²) in [5, 5.41) is 5.70. The zero-order valence-electron chi connectivity index (χ0n) is 18.2. The highest BCUT2D eigenvalue weighted by Crippen LogP contribution is 2.33. The molecule has 0 saturated carbocycles. The monoisotopic (exact) mass is 495 g/mol. The molecular formula is C25H22FN3O3S2. The number of halogens is 1. The number of thiophene rings is 1. The first kappa shape index (κ1) is 22.8. The van der Waals surface area contributed by atoms with E-state index in [-0.39, 0.29) is 29.1 Å². The maximum Gasteiger partial charge on any atom is 0.268 e. The Morgan fingerprint density at radius 3 is 2.74 bits per heavy atom. The van der Waals surface area contributed by atoms with Gasteiger partial charge in [-0.1, -0.05) is 42.1 Å². The molecule has 0 radical (unpaired) electrons. The average molecular weight is 496 g/mol. The molecule has 0 aliphatic carbocycles. The molecule has 0 unspecified atom stereocenters. The maximum absolute atomic E-state index is 13.7. The summed E-state index contributed by atoms with van der Waals surface area (Å²) in [4.78, 5) is 31.5. The Kier molecular flexibility index (Phi) is 6.75. The van der Waals surface area contributed by atoms with Crippen LogP contribution >= 0.6 is 23.1 Å². The highest BCUT2D eigenvalue weighted by atomic mass is 32.2. The molecule has 2 aromatic carbocycles. The number of amides is 1. The molecule has 1 aliphatic rings. The molecule has 1 fully saturated rings. The predicted molar refractivity (Wildman–Crippen MR) is 133 cm³/mol. The van der Waals surface area contributed by atoms with Gasteiger partial charge in [-0.15, -0.1) is 11.3 Å². The van der Waals surface area contributed by atoms with Gasteiger partial charge in [0, 0.05) is 24.1 Å². The van der Waals surface area contributed by atoms with E-state index in [1.165, 1.54) is 35.2 Å². The number of aromatic nitrogens is 2. The Labute approximate surface area is 203 Å². The number of para-hydroxylation sites is 1. The molecule has 1 saturated heterocycles. The summed E-state index contributed by atoms with van der Waals surface area (Å²) in [5.74, 6) is -0.333. The van der Waals surface area contributed by atoms with E-state index >= 15 is 0 Å². The Hall–Kier alpha value is -3.01. The molecule has 0 bridgehead atoms. The molecule has 9 heteroatoms. The molecule has 34 heavy (non-hydrogen) atoms. The maximum atomic E-state index is 13.7. The zero-order valence-corrected chi connectivity index (χ0v) is 19.8. The van der Waals surface area contributed by atoms with Gasteiger partial charge < -0.3 is 10.1 Å². The van der Waals surface area contributed by atoms with Crippen molar-refractivity contribution in [1.82, 2.24) is 14.9 Å². The molecule has 174 valence electrons. The molecule has 6 nitrogen and oxygen atoms in total. The van der Waals surface area contributed by atoms with Gasteiger partial charge in [0.2, 0.25) is 5.91 Å². The normalized spacial score (nSPS) is 15.6. The number of thioether (sulfide) groups is 1. The van der Waals surface area contributed by atoms with Crippen LogP contribution in [0.3, 0.4) is 0 Å². The second-order valence-electron chi connectivity index (χ2n) is 7.93. The van der Waals surface area contributed by atoms with Crippen molar-refractivity contribution in [3.8, 4) is 16.8 Å². The van der Waals surface area contributed by atoms with Crippen LogP contribution in [0.1, 0.15) is 12.8 Å². The first-order valence-corrected chi connectivity index (χ1v) is 12.8. The fourth-order valence-corrected chi connectivity index (χ4v) is 5.76. The third-order valence-corrected chi connectivity index (χ3v) is 7.44. The van der Waals surface area contributed by atoms with Gasteiger partial charge in [0.15, 0.2) is 5.16 Å². The van der Waals surface area contributed by atoms with Crippen LogP contribution in [-0.4, -0.2) is 40.5 Å². The second-order valence-corrected chi connectivity index (χ2v) is 9.74. The first-order valence-electron chi connectivity index (χ1n) is 11.0. The average Bonchev–Trinajstić information content (AvgIpc) is 3.53. The van der Waals surface area contributed by atoms with Crippen LogP contribution in [0.4, 0.5) is 4.39 Å². The molecule has 5 rings (SSSR count). The highest BCUT2D eigenvalue weighted by Gasteiger charge is 2.20. The summed E-state index contributed by atoms with van der Waals surface area (Å²) < 4.78 is 20.5. The van der Waals surface area contributed by atoms with Crippen LogP contribution in [0.15, 0.2) is 69.9 Å². The summed E-state index contributed by atoms with van der Waals surface area (Å²) in [7, 11) is 0. The third-order valence-electron chi connectivity index (χ3n) is 5.63. The number of ether oxygens (including phenoxy) is 1. The molecule has 2 aromatic heterocycles. The van der Waals surface area contributed by atoms with Gasteiger partial charge in [-0.05, 0) is 42.7 Å². The zero-order chi connectivity index (χ0) is 23.5. The third kappa shape index (κ3) is 4.77. The Morgan fingerprint density at radius 2 is 2.00 bits per heavy atom. The van der Waals surface area contributed by atoms with E-state index in [0.29, 0.717) is 33.2 Å². The van der Waals surface area contributed by atoms with Gasteiger partial charge in [0.25, 0.3) is 5.56 Å². The van der Waals surface area contributed by atoms with E-state index in [1.807, 2.05) is 35.7 Å². The van der Waals surface area contributed by atoms with Gasteiger partial charge in [0.1, 0.15) is 10.6 Å². The van der Waals surface area contributed by atoms with E-state index in [9.17, 15) is 14.0 Å². The minimum absolute atomic E-state index is 0.0712. The number of benzene rings is 2. The molecule has 1 amide bonds. The summed E-state index contributed by atoms with van der Waals surface area (Å²) >= 11 is 2.58. The van der Waals surface area contributed by atoms with Gasteiger partial charge in [-0.2, -0.15) is 0 Å². The SMILES string of the molecule is O=C(CSc1nc2scc(-c3ccc(F)cc3)c2c(=O)n1-c1ccccc1)NC[C@H]1CCCO1. The molecular weight excluding hydrogens is 473 g/mol. The molecule has 1 atom stereocenters. The lowest BCUT2D eigenvalue weighted by Crippen LogP contribution is -2.33. The lowest BCUT2D eigenvalue weighted by molar-refractivity contribution is -0.119. The Balaban J connectivity index is 1.49. The summed E-state index contributed by atoms with van der Waals surface area (Å²) in [6.45, 7) is 1.23. The van der Waals surface area contributed by atoms with E-state index in [4.69, 9.17) is 9.72 Å². The van der Waals surface area contributed by atoms with E-state index in [2.05, 4.69) is 5.32 Å². The van der Waals surface area contributed by atoms with Crippen LogP contribution in [0.25, 0.3) is 27.0 Å². The van der Waals surface area contributed by atoms with Crippen molar-refractivity contribution in [2.24, 2.45) is 0 Å². The minimum Gasteiger partial charge on any atom is -0.376 e. The standard InChI is InChI=1S/C25H22FN3O3S2/c26-17-10-8-16(9-11-17)20-14-33-23-22(20)24(31)29(18-5-2-1-3-6-18)25(28-23)34-15-21(30)27-13-19-7-4-12-32-19/h1-3,5-6,8-11,14,19H,4,7,12-13,15H2,(H,27,30)/t19-/m1/s1. The van der Waals surface area contributed by atoms with Crippen molar-refractivity contribution in [3.05, 3.63) is 76.1 Å². The molecule has 3 heterocycles. The summed E-state index contributed by atoms with van der Waals surface area (Å²) in [6.07, 6.45) is 2.04. The number of carbonyl (C=O) groups excluding carboxylic acids is 1. The van der Waals surface area contributed by atoms with Crippen LogP contribution < -0.4 is 10.9 Å². The van der Waals surface area contributed by atoms with Crippen molar-refractivity contribution in [2.75, 3.05) is 18.9 Å². The van der Waals surface area contributed by atoms with Gasteiger partial charge in [-0.3, -0.25) is 14.2 Å². The molecule has 1 aliphatic heterocycles.